The first-order valence-electron chi connectivity index (χ1n) is 4.43. The van der Waals surface area contributed by atoms with Crippen LogP contribution in [0.4, 0.5) is 0 Å². The molecule has 2 rings (SSSR count). The van der Waals surface area contributed by atoms with Gasteiger partial charge in [0.15, 0.2) is 0 Å². The predicted molar refractivity (Wildman–Crippen MR) is 50.3 cm³/mol. The lowest BCUT2D eigenvalue weighted by Crippen LogP contribution is -2.15. The molecule has 5 nitrogen and oxygen atoms in total. The largest absolute Gasteiger partial charge is 0.360 e. The highest BCUT2D eigenvalue weighted by Gasteiger charge is 1.99. The lowest BCUT2D eigenvalue weighted by Gasteiger charge is -2.01. The number of nitrogens with one attached hydrogen (secondary N) is 1. The summed E-state index contributed by atoms with van der Waals surface area (Å²) in [6.45, 7) is 1.40. The molecule has 0 unspecified atom stereocenters. The summed E-state index contributed by atoms with van der Waals surface area (Å²) in [5.74, 6) is 1.84. The van der Waals surface area contributed by atoms with Gasteiger partial charge in [-0.25, -0.2) is 4.98 Å². The molecule has 0 bridgehead atoms. The molecule has 74 valence electrons. The van der Waals surface area contributed by atoms with Gasteiger partial charge >= 0.3 is 0 Å². The van der Waals surface area contributed by atoms with Crippen molar-refractivity contribution in [3.8, 4) is 0 Å². The van der Waals surface area contributed by atoms with Gasteiger partial charge in [-0.1, -0.05) is 5.16 Å². The van der Waals surface area contributed by atoms with E-state index in [9.17, 15) is 0 Å². The molecule has 0 aliphatic heterocycles. The van der Waals surface area contributed by atoms with Crippen LogP contribution in [-0.2, 0) is 20.1 Å². The fraction of sp³-hybridized carbons (Fsp3) is 0.333. The van der Waals surface area contributed by atoms with Crippen molar-refractivity contribution in [3.63, 3.8) is 0 Å². The first kappa shape index (κ1) is 8.96. The van der Waals surface area contributed by atoms with Crippen molar-refractivity contribution in [1.82, 2.24) is 20.0 Å². The Morgan fingerprint density at radius 3 is 3.00 bits per heavy atom. The maximum Gasteiger partial charge on any atom is 0.150 e. The molecule has 5 heteroatoms. The molecule has 0 saturated carbocycles. The molecule has 0 aromatic carbocycles. The molecular formula is C9H12N4O. The van der Waals surface area contributed by atoms with Crippen LogP contribution in [0.25, 0.3) is 0 Å². The highest BCUT2D eigenvalue weighted by atomic mass is 16.5. The van der Waals surface area contributed by atoms with Gasteiger partial charge in [0.2, 0.25) is 0 Å². The summed E-state index contributed by atoms with van der Waals surface area (Å²) in [5, 5.41) is 6.83. The second kappa shape index (κ2) is 4.06. The van der Waals surface area contributed by atoms with Gasteiger partial charge < -0.3 is 14.4 Å². The second-order valence-corrected chi connectivity index (χ2v) is 3.04. The molecule has 2 heterocycles. The molecule has 14 heavy (non-hydrogen) atoms. The zero-order chi connectivity index (χ0) is 9.80. The van der Waals surface area contributed by atoms with Gasteiger partial charge in [0, 0.05) is 25.5 Å². The van der Waals surface area contributed by atoms with Gasteiger partial charge in [-0.2, -0.15) is 0 Å². The van der Waals surface area contributed by atoms with Crippen LogP contribution in [0.3, 0.4) is 0 Å². The van der Waals surface area contributed by atoms with E-state index in [0.717, 1.165) is 18.1 Å². The van der Waals surface area contributed by atoms with Crippen molar-refractivity contribution >= 4 is 0 Å². The van der Waals surface area contributed by atoms with E-state index in [1.54, 1.807) is 12.4 Å². The van der Waals surface area contributed by atoms with E-state index in [4.69, 9.17) is 4.52 Å². The van der Waals surface area contributed by atoms with Gasteiger partial charge in [-0.3, -0.25) is 0 Å². The number of aryl methyl sites for hydroxylation is 1. The second-order valence-electron chi connectivity index (χ2n) is 3.04. The lowest BCUT2D eigenvalue weighted by atomic mass is 10.4. The molecule has 0 amide bonds. The Bertz CT molecular complexity index is 379. The minimum atomic E-state index is 0.673. The van der Waals surface area contributed by atoms with E-state index < -0.39 is 0 Å². The summed E-state index contributed by atoms with van der Waals surface area (Å²) >= 11 is 0. The molecule has 1 N–H and O–H groups in total. The summed E-state index contributed by atoms with van der Waals surface area (Å²) in [4.78, 5) is 4.19. The summed E-state index contributed by atoms with van der Waals surface area (Å²) in [6.07, 6.45) is 5.34. The number of nitrogens with zero attached hydrogens (tertiary/aromatic N) is 3. The topological polar surface area (TPSA) is 55.9 Å². The van der Waals surface area contributed by atoms with E-state index in [-0.39, 0.29) is 0 Å². The summed E-state index contributed by atoms with van der Waals surface area (Å²) in [7, 11) is 1.97. The number of hydrogen-bond donors (Lipinski definition) is 1. The third-order valence-electron chi connectivity index (χ3n) is 1.99. The maximum absolute atomic E-state index is 4.94. The van der Waals surface area contributed by atoms with E-state index in [1.165, 1.54) is 0 Å². The monoisotopic (exact) mass is 192 g/mol. The van der Waals surface area contributed by atoms with E-state index in [0.29, 0.717) is 6.54 Å². The smallest absolute Gasteiger partial charge is 0.150 e. The molecule has 2 aromatic rings. The summed E-state index contributed by atoms with van der Waals surface area (Å²) in [5.41, 5.74) is 0. The Hall–Kier alpha value is -1.62. The zero-order valence-corrected chi connectivity index (χ0v) is 7.97. The van der Waals surface area contributed by atoms with Gasteiger partial charge in [0.05, 0.1) is 19.3 Å². The van der Waals surface area contributed by atoms with Gasteiger partial charge in [-0.05, 0) is 0 Å². The van der Waals surface area contributed by atoms with Crippen molar-refractivity contribution in [2.45, 2.75) is 13.1 Å². The molecule has 2 aromatic heterocycles. The maximum atomic E-state index is 4.94. The molecule has 0 fully saturated rings. The van der Waals surface area contributed by atoms with Gasteiger partial charge in [0.25, 0.3) is 0 Å². The van der Waals surface area contributed by atoms with Crippen molar-refractivity contribution in [2.75, 3.05) is 0 Å². The first-order chi connectivity index (χ1) is 6.86. The van der Waals surface area contributed by atoms with Crippen LogP contribution in [0.15, 0.2) is 29.2 Å². The normalized spacial score (nSPS) is 10.6. The molecule has 0 aliphatic carbocycles. The first-order valence-corrected chi connectivity index (χ1v) is 4.43. The van der Waals surface area contributed by atoms with Crippen LogP contribution in [0.5, 0.6) is 0 Å². The van der Waals surface area contributed by atoms with E-state index in [1.807, 2.05) is 23.9 Å². The molecule has 0 aliphatic rings. The van der Waals surface area contributed by atoms with Crippen LogP contribution in [-0.4, -0.2) is 14.7 Å². The Morgan fingerprint density at radius 2 is 2.36 bits per heavy atom. The average molecular weight is 192 g/mol. The quantitative estimate of drug-likeness (QED) is 0.774. The molecule has 0 saturated heterocycles. The fourth-order valence-corrected chi connectivity index (χ4v) is 1.20. The van der Waals surface area contributed by atoms with E-state index >= 15 is 0 Å². The fourth-order valence-electron chi connectivity index (χ4n) is 1.20. The third kappa shape index (κ3) is 2.00. The highest BCUT2D eigenvalue weighted by molar-refractivity contribution is 4.94. The van der Waals surface area contributed by atoms with Crippen LogP contribution in [0.1, 0.15) is 11.6 Å². The highest BCUT2D eigenvalue weighted by Crippen LogP contribution is 1.97. The number of imidazole rings is 1. The van der Waals surface area contributed by atoms with Crippen LogP contribution in [0.2, 0.25) is 0 Å². The van der Waals surface area contributed by atoms with Crippen LogP contribution >= 0.6 is 0 Å². The number of aromatic nitrogens is 3. The Labute approximate surface area is 81.7 Å². The summed E-state index contributed by atoms with van der Waals surface area (Å²) < 4.78 is 6.92. The number of rotatable bonds is 4. The minimum absolute atomic E-state index is 0.673. The van der Waals surface area contributed by atoms with Crippen LogP contribution in [0, 0.1) is 0 Å². The van der Waals surface area contributed by atoms with Crippen molar-refractivity contribution in [2.24, 2.45) is 7.05 Å². The Morgan fingerprint density at radius 1 is 1.43 bits per heavy atom. The van der Waals surface area contributed by atoms with Gasteiger partial charge in [0.1, 0.15) is 11.6 Å². The lowest BCUT2D eigenvalue weighted by molar-refractivity contribution is 0.371. The third-order valence-corrected chi connectivity index (χ3v) is 1.99. The number of hydrogen-bond acceptors (Lipinski definition) is 4. The van der Waals surface area contributed by atoms with Crippen LogP contribution < -0.4 is 5.32 Å². The Kier molecular flexibility index (Phi) is 2.60. The minimum Gasteiger partial charge on any atom is -0.360 e. The standard InChI is InChI=1S/C9H12N4O/c1-13-5-4-11-9(13)7-10-6-8-2-3-12-14-8/h2-5,10H,6-7H2,1H3. The van der Waals surface area contributed by atoms with Crippen molar-refractivity contribution in [3.05, 3.63) is 36.2 Å². The van der Waals surface area contributed by atoms with Crippen molar-refractivity contribution in [1.29, 1.82) is 0 Å². The van der Waals surface area contributed by atoms with E-state index in [2.05, 4.69) is 15.5 Å². The van der Waals surface area contributed by atoms with Crippen molar-refractivity contribution < 1.29 is 4.52 Å². The molecular weight excluding hydrogens is 180 g/mol. The van der Waals surface area contributed by atoms with Gasteiger partial charge in [-0.15, -0.1) is 0 Å². The predicted octanol–water partition coefficient (Wildman–Crippen LogP) is 0.698. The average Bonchev–Trinajstić information content (AvgIpc) is 2.78. The zero-order valence-electron chi connectivity index (χ0n) is 7.97. The molecule has 0 atom stereocenters. The molecule has 0 spiro atoms. The SMILES string of the molecule is Cn1ccnc1CNCc1ccno1. The molecule has 0 radical (unpaired) electrons. The Balaban J connectivity index is 1.81. The summed E-state index contributed by atoms with van der Waals surface area (Å²) in [6, 6.07) is 1.84.